The first-order chi connectivity index (χ1) is 14.7. The maximum absolute atomic E-state index is 12.6. The average Bonchev–Trinajstić information content (AvgIpc) is 2.80. The molecule has 0 aromatic heterocycles. The highest BCUT2D eigenvalue weighted by molar-refractivity contribution is 6.05. The molecular weight excluding hydrogens is 374 g/mol. The highest BCUT2D eigenvalue weighted by atomic mass is 16.2. The summed E-state index contributed by atoms with van der Waals surface area (Å²) in [7, 11) is 0. The fraction of sp³-hybridized carbons (Fsp3) is 0. The van der Waals surface area contributed by atoms with E-state index in [4.69, 9.17) is 0 Å². The van der Waals surface area contributed by atoms with Gasteiger partial charge in [0.25, 0.3) is 11.8 Å². The Morgan fingerprint density at radius 1 is 0.733 bits per heavy atom. The minimum atomic E-state index is -0.521. The maximum atomic E-state index is 12.6. The molecule has 0 radical (unpaired) electrons. The molecule has 0 aliphatic rings. The van der Waals surface area contributed by atoms with Gasteiger partial charge in [-0.2, -0.15) is 5.10 Å². The quantitative estimate of drug-likeness (QED) is 0.356. The molecular formula is C25H21N3O2. The van der Waals surface area contributed by atoms with E-state index in [1.165, 1.54) is 6.21 Å². The maximum Gasteiger partial charge on any atom is 0.287 e. The third-order valence-electron chi connectivity index (χ3n) is 4.05. The first kappa shape index (κ1) is 20.5. The number of carbonyl (C=O) groups excluding carboxylic acids is 2. The van der Waals surface area contributed by atoms with E-state index in [-0.39, 0.29) is 11.6 Å². The van der Waals surface area contributed by atoms with Gasteiger partial charge in [-0.3, -0.25) is 9.59 Å². The van der Waals surface area contributed by atoms with Gasteiger partial charge in [0.05, 0.1) is 0 Å². The predicted molar refractivity (Wildman–Crippen MR) is 120 cm³/mol. The lowest BCUT2D eigenvalue weighted by molar-refractivity contribution is -0.117. The standard InChI is InChI=1S/C25H21N3O2/c29-24(22-16-8-3-9-17-22)27-23(19-21-13-6-2-7-14-21)25(30)28-26-18-10-15-20-11-4-1-5-12-20/h1-19H,(H,27,29)(H,28,30). The van der Waals surface area contributed by atoms with Crippen molar-refractivity contribution in [2.24, 2.45) is 5.10 Å². The normalized spacial score (nSPS) is 11.5. The number of nitrogens with zero attached hydrogens (tertiary/aromatic N) is 1. The Balaban J connectivity index is 1.70. The van der Waals surface area contributed by atoms with Crippen molar-refractivity contribution >= 4 is 30.2 Å². The third kappa shape index (κ3) is 6.42. The van der Waals surface area contributed by atoms with E-state index in [2.05, 4.69) is 15.8 Å². The van der Waals surface area contributed by atoms with Gasteiger partial charge in [-0.25, -0.2) is 5.43 Å². The van der Waals surface area contributed by atoms with E-state index in [1.54, 1.807) is 36.4 Å². The summed E-state index contributed by atoms with van der Waals surface area (Å²) >= 11 is 0. The molecule has 30 heavy (non-hydrogen) atoms. The second-order valence-electron chi connectivity index (χ2n) is 6.28. The Hall–Kier alpha value is -4.25. The van der Waals surface area contributed by atoms with Gasteiger partial charge in [0, 0.05) is 11.8 Å². The minimum Gasteiger partial charge on any atom is -0.317 e. The van der Waals surface area contributed by atoms with Crippen LogP contribution in [0.5, 0.6) is 0 Å². The molecule has 0 unspecified atom stereocenters. The SMILES string of the molecule is O=C(NN=CC=Cc1ccccc1)C(=Cc1ccccc1)NC(=O)c1ccccc1. The van der Waals surface area contributed by atoms with Gasteiger partial charge >= 0.3 is 0 Å². The number of benzene rings is 3. The Kier molecular flexibility index (Phi) is 7.46. The van der Waals surface area contributed by atoms with E-state index in [9.17, 15) is 9.59 Å². The number of rotatable bonds is 7. The van der Waals surface area contributed by atoms with Gasteiger partial charge in [-0.15, -0.1) is 0 Å². The van der Waals surface area contributed by atoms with E-state index in [1.807, 2.05) is 72.8 Å². The second-order valence-corrected chi connectivity index (χ2v) is 6.28. The summed E-state index contributed by atoms with van der Waals surface area (Å²) in [4.78, 5) is 25.1. The van der Waals surface area contributed by atoms with Crippen LogP contribution in [0.4, 0.5) is 0 Å². The number of carbonyl (C=O) groups is 2. The summed E-state index contributed by atoms with van der Waals surface area (Å²) in [5, 5.41) is 6.59. The Morgan fingerprint density at radius 2 is 1.30 bits per heavy atom. The predicted octanol–water partition coefficient (Wildman–Crippen LogP) is 4.27. The second kappa shape index (κ2) is 10.9. The minimum absolute atomic E-state index is 0.0965. The van der Waals surface area contributed by atoms with Gasteiger partial charge in [-0.05, 0) is 35.4 Å². The molecule has 0 saturated carbocycles. The molecule has 2 N–H and O–H groups in total. The molecule has 0 aliphatic carbocycles. The van der Waals surface area contributed by atoms with E-state index in [0.717, 1.165) is 11.1 Å². The van der Waals surface area contributed by atoms with Crippen molar-refractivity contribution < 1.29 is 9.59 Å². The summed E-state index contributed by atoms with van der Waals surface area (Å²) in [6.45, 7) is 0. The van der Waals surface area contributed by atoms with Gasteiger partial charge in [0.15, 0.2) is 0 Å². The molecule has 2 amide bonds. The van der Waals surface area contributed by atoms with E-state index >= 15 is 0 Å². The number of hydrogen-bond acceptors (Lipinski definition) is 3. The Bertz CT molecular complexity index is 1060. The van der Waals surface area contributed by atoms with Crippen LogP contribution in [0.15, 0.2) is 108 Å². The smallest absolute Gasteiger partial charge is 0.287 e. The lowest BCUT2D eigenvalue weighted by atomic mass is 10.1. The fourth-order valence-corrected chi connectivity index (χ4v) is 2.58. The zero-order valence-electron chi connectivity index (χ0n) is 16.2. The van der Waals surface area contributed by atoms with Gasteiger partial charge < -0.3 is 5.32 Å². The molecule has 0 aliphatic heterocycles. The monoisotopic (exact) mass is 395 g/mol. The summed E-state index contributed by atoms with van der Waals surface area (Å²) in [6.07, 6.45) is 6.67. The molecule has 5 heteroatoms. The van der Waals surface area contributed by atoms with Crippen molar-refractivity contribution in [3.8, 4) is 0 Å². The molecule has 3 aromatic rings. The van der Waals surface area contributed by atoms with Crippen LogP contribution in [0.3, 0.4) is 0 Å². The summed E-state index contributed by atoms with van der Waals surface area (Å²) in [6, 6.07) is 27.7. The van der Waals surface area contributed by atoms with Crippen LogP contribution >= 0.6 is 0 Å². The molecule has 3 rings (SSSR count). The highest BCUT2D eigenvalue weighted by Crippen LogP contribution is 2.07. The number of amides is 2. The zero-order valence-corrected chi connectivity index (χ0v) is 16.2. The van der Waals surface area contributed by atoms with Crippen LogP contribution in [0.1, 0.15) is 21.5 Å². The van der Waals surface area contributed by atoms with Gasteiger partial charge in [-0.1, -0.05) is 84.9 Å². The molecule has 0 bridgehead atoms. The fourth-order valence-electron chi connectivity index (χ4n) is 2.58. The highest BCUT2D eigenvalue weighted by Gasteiger charge is 2.14. The van der Waals surface area contributed by atoms with Crippen molar-refractivity contribution in [2.75, 3.05) is 0 Å². The van der Waals surface area contributed by atoms with Crippen LogP contribution in [0, 0.1) is 0 Å². The first-order valence-corrected chi connectivity index (χ1v) is 9.40. The molecule has 3 aromatic carbocycles. The largest absolute Gasteiger partial charge is 0.317 e. The summed E-state index contributed by atoms with van der Waals surface area (Å²) in [5.74, 6) is -0.895. The number of hydrazone groups is 1. The first-order valence-electron chi connectivity index (χ1n) is 9.40. The van der Waals surface area contributed by atoms with E-state index in [0.29, 0.717) is 5.56 Å². The van der Waals surface area contributed by atoms with Crippen LogP contribution in [0.2, 0.25) is 0 Å². The molecule has 148 valence electrons. The lowest BCUT2D eigenvalue weighted by Gasteiger charge is -2.09. The summed E-state index contributed by atoms with van der Waals surface area (Å²) in [5.41, 5.74) is 4.80. The zero-order chi connectivity index (χ0) is 21.0. The number of nitrogens with one attached hydrogen (secondary N) is 2. The molecule has 0 fully saturated rings. The van der Waals surface area contributed by atoms with Crippen molar-refractivity contribution in [3.05, 3.63) is 119 Å². The average molecular weight is 395 g/mol. The lowest BCUT2D eigenvalue weighted by Crippen LogP contribution is -2.32. The van der Waals surface area contributed by atoms with Gasteiger partial charge in [0.1, 0.15) is 5.70 Å². The third-order valence-corrected chi connectivity index (χ3v) is 4.05. The summed E-state index contributed by atoms with van der Waals surface area (Å²) < 4.78 is 0. The number of allylic oxidation sites excluding steroid dienone is 1. The Morgan fingerprint density at radius 3 is 1.93 bits per heavy atom. The van der Waals surface area contributed by atoms with Crippen molar-refractivity contribution in [3.63, 3.8) is 0 Å². The Labute approximate surface area is 175 Å². The van der Waals surface area contributed by atoms with E-state index < -0.39 is 5.91 Å². The van der Waals surface area contributed by atoms with Crippen molar-refractivity contribution in [1.29, 1.82) is 0 Å². The van der Waals surface area contributed by atoms with Crippen LogP contribution in [0.25, 0.3) is 12.2 Å². The van der Waals surface area contributed by atoms with Crippen LogP contribution in [-0.2, 0) is 4.79 Å². The topological polar surface area (TPSA) is 70.6 Å². The van der Waals surface area contributed by atoms with Crippen LogP contribution in [-0.4, -0.2) is 18.0 Å². The van der Waals surface area contributed by atoms with Crippen molar-refractivity contribution in [1.82, 2.24) is 10.7 Å². The van der Waals surface area contributed by atoms with Crippen LogP contribution < -0.4 is 10.7 Å². The molecule has 0 saturated heterocycles. The number of hydrogen-bond donors (Lipinski definition) is 2. The molecule has 0 spiro atoms. The van der Waals surface area contributed by atoms with Gasteiger partial charge in [0.2, 0.25) is 0 Å². The molecule has 0 atom stereocenters. The molecule has 0 heterocycles. The van der Waals surface area contributed by atoms with Crippen molar-refractivity contribution in [2.45, 2.75) is 0 Å². The molecule has 5 nitrogen and oxygen atoms in total.